The van der Waals surface area contributed by atoms with Crippen molar-refractivity contribution >= 4 is 38.2 Å². The Bertz CT molecular complexity index is 1110. The molecular weight excluding hydrogens is 326 g/mol. The van der Waals surface area contributed by atoms with E-state index in [1.807, 2.05) is 6.07 Å². The molecule has 0 saturated carbocycles. The number of H-pyrrole nitrogens is 1. The van der Waals surface area contributed by atoms with Gasteiger partial charge in [-0.05, 0) is 12.1 Å². The summed E-state index contributed by atoms with van der Waals surface area (Å²) in [7, 11) is -4.08. The minimum absolute atomic E-state index is 0.169. The highest BCUT2D eigenvalue weighted by Gasteiger charge is 2.19. The number of aryl methyl sites for hydroxylation is 1. The second kappa shape index (κ2) is 5.05. The Labute approximate surface area is 135 Å². The van der Waals surface area contributed by atoms with Crippen LogP contribution in [0.4, 0.5) is 5.69 Å². The number of anilines is 1. The second-order valence-electron chi connectivity index (χ2n) is 4.39. The van der Waals surface area contributed by atoms with E-state index in [1.54, 1.807) is 0 Å². The summed E-state index contributed by atoms with van der Waals surface area (Å²) in [4.78, 5) is 2.50. The smallest absolute Gasteiger partial charge is 0.265 e. The third kappa shape index (κ3) is 2.30. The van der Waals surface area contributed by atoms with Crippen molar-refractivity contribution in [1.29, 1.82) is 5.26 Å². The lowest BCUT2D eigenvalue weighted by Gasteiger charge is -2.08. The van der Waals surface area contributed by atoms with E-state index in [0.717, 1.165) is 12.4 Å². The fraction of sp³-hybridized carbons (Fsp3) is 0.0769. The van der Waals surface area contributed by atoms with Crippen LogP contribution in [0.25, 0.3) is 10.9 Å². The van der Waals surface area contributed by atoms with Gasteiger partial charge in [-0.2, -0.15) is 10.4 Å². The van der Waals surface area contributed by atoms with Gasteiger partial charge in [0.05, 0.1) is 28.0 Å². The molecule has 112 valence electrons. The van der Waals surface area contributed by atoms with Gasteiger partial charge >= 0.3 is 0 Å². The highest BCUT2D eigenvalue weighted by Crippen LogP contribution is 2.32. The fourth-order valence-electron chi connectivity index (χ4n) is 2.03. The summed E-state index contributed by atoms with van der Waals surface area (Å²) in [5.74, 6) is 0. The topological polar surface area (TPSA) is 104 Å². The van der Waals surface area contributed by atoms with Crippen LogP contribution >= 0.6 is 11.6 Å². The molecule has 0 aliphatic carbocycles. The van der Waals surface area contributed by atoms with Crippen molar-refractivity contribution in [2.45, 2.75) is 4.90 Å². The van der Waals surface area contributed by atoms with Gasteiger partial charge in [0.15, 0.2) is 0 Å². The van der Waals surface area contributed by atoms with Gasteiger partial charge < -0.3 is 4.98 Å². The molecular formula is C13H10ClN5O2S. The molecule has 0 aliphatic rings. The van der Waals surface area contributed by atoms with Crippen molar-refractivity contribution in [3.8, 4) is 6.07 Å². The molecule has 22 heavy (non-hydrogen) atoms. The molecule has 0 spiro atoms. The summed E-state index contributed by atoms with van der Waals surface area (Å²) in [6, 6.07) is 4.86. The molecule has 3 rings (SSSR count). The van der Waals surface area contributed by atoms with Crippen molar-refractivity contribution in [2.24, 2.45) is 6.98 Å². The molecule has 2 heterocycles. The molecule has 9 heteroatoms. The number of benzene rings is 1. The first kappa shape index (κ1) is 11.1. The number of nitriles is 1. The van der Waals surface area contributed by atoms with E-state index < -0.39 is 17.0 Å². The molecule has 2 aromatic heterocycles. The molecule has 3 aromatic rings. The van der Waals surface area contributed by atoms with E-state index in [0.29, 0.717) is 20.6 Å². The summed E-state index contributed by atoms with van der Waals surface area (Å²) >= 11 is 6.07. The van der Waals surface area contributed by atoms with Crippen molar-refractivity contribution in [3.05, 3.63) is 41.3 Å². The lowest BCUT2D eigenvalue weighted by molar-refractivity contribution is 0.601. The molecule has 2 N–H and O–H groups in total. The quantitative estimate of drug-likeness (QED) is 0.764. The molecule has 0 radical (unpaired) electrons. The minimum Gasteiger partial charge on any atom is -0.358 e. The van der Waals surface area contributed by atoms with E-state index in [4.69, 9.17) is 21.0 Å². The first-order chi connectivity index (χ1) is 11.6. The van der Waals surface area contributed by atoms with E-state index in [9.17, 15) is 8.42 Å². The van der Waals surface area contributed by atoms with Gasteiger partial charge in [0.2, 0.25) is 0 Å². The first-order valence-electron chi connectivity index (χ1n) is 7.41. The minimum atomic E-state index is -4.08. The van der Waals surface area contributed by atoms with Crippen molar-refractivity contribution in [3.63, 3.8) is 0 Å². The maximum atomic E-state index is 12.5. The predicted octanol–water partition coefficient (Wildman–Crippen LogP) is 2.23. The highest BCUT2D eigenvalue weighted by atomic mass is 35.5. The summed E-state index contributed by atoms with van der Waals surface area (Å²) in [5, 5.41) is 13.3. The van der Waals surface area contributed by atoms with Crippen LogP contribution in [0.15, 0.2) is 35.6 Å². The van der Waals surface area contributed by atoms with E-state index in [2.05, 4.69) is 14.8 Å². The Hall–Kier alpha value is -2.50. The Morgan fingerprint density at radius 1 is 1.55 bits per heavy atom. The molecule has 0 unspecified atom stereocenters. The van der Waals surface area contributed by atoms with Gasteiger partial charge in [-0.25, -0.2) is 8.42 Å². The Balaban J connectivity index is 2.04. The predicted molar refractivity (Wildman–Crippen MR) is 82.0 cm³/mol. The molecule has 0 aliphatic heterocycles. The fourth-order valence-corrected chi connectivity index (χ4v) is 3.29. The highest BCUT2D eigenvalue weighted by molar-refractivity contribution is 7.92. The largest absolute Gasteiger partial charge is 0.358 e. The zero-order chi connectivity index (χ0) is 18.4. The number of nitrogens with one attached hydrogen (secondary N) is 2. The van der Waals surface area contributed by atoms with Gasteiger partial charge in [0, 0.05) is 28.9 Å². The maximum absolute atomic E-state index is 12.5. The van der Waals surface area contributed by atoms with Crippen LogP contribution in [0.1, 0.15) is 9.68 Å². The van der Waals surface area contributed by atoms with Gasteiger partial charge in [0.1, 0.15) is 11.0 Å². The van der Waals surface area contributed by atoms with Crippen LogP contribution in [0.3, 0.4) is 0 Å². The van der Waals surface area contributed by atoms with Gasteiger partial charge in [0.25, 0.3) is 10.0 Å². The van der Waals surface area contributed by atoms with Crippen molar-refractivity contribution in [2.75, 3.05) is 4.72 Å². The van der Waals surface area contributed by atoms with Crippen LogP contribution in [0.5, 0.6) is 0 Å². The zero-order valence-electron chi connectivity index (χ0n) is 13.8. The Kier molecular flexibility index (Phi) is 2.55. The molecule has 7 nitrogen and oxygen atoms in total. The number of aromatic nitrogens is 3. The molecule has 0 bridgehead atoms. The molecule has 0 amide bonds. The van der Waals surface area contributed by atoms with Crippen LogP contribution < -0.4 is 4.72 Å². The lowest BCUT2D eigenvalue weighted by atomic mass is 10.1. The number of sulfonamides is 1. The summed E-state index contributed by atoms with van der Waals surface area (Å²) < 4.78 is 49.6. The number of rotatable bonds is 3. The maximum Gasteiger partial charge on any atom is 0.265 e. The summed E-state index contributed by atoms with van der Waals surface area (Å²) in [5.41, 5.74) is 0.787. The monoisotopic (exact) mass is 338 g/mol. The third-order valence-corrected chi connectivity index (χ3v) is 4.65. The summed E-state index contributed by atoms with van der Waals surface area (Å²) in [6.07, 6.45) is 3.27. The summed E-state index contributed by atoms with van der Waals surface area (Å²) in [6.45, 7) is -2.58. The number of hydrogen-bond donors (Lipinski definition) is 2. The zero-order valence-corrected chi connectivity index (χ0v) is 12.4. The van der Waals surface area contributed by atoms with Crippen molar-refractivity contribution in [1.82, 2.24) is 14.8 Å². The van der Waals surface area contributed by atoms with Crippen molar-refractivity contribution < 1.29 is 12.5 Å². The number of hydrogen-bond acceptors (Lipinski definition) is 4. The Morgan fingerprint density at radius 2 is 2.36 bits per heavy atom. The van der Waals surface area contributed by atoms with E-state index in [1.165, 1.54) is 18.3 Å². The SMILES string of the molecule is [2H]C([2H])([2H])n1cc(S(=O)(=O)Nc2ccc(Cl)c3c(C#N)c[nH]c23)cn1. The molecule has 0 saturated heterocycles. The lowest BCUT2D eigenvalue weighted by Crippen LogP contribution is -2.12. The Morgan fingerprint density at radius 3 is 3.05 bits per heavy atom. The normalized spacial score (nSPS) is 14.1. The first-order valence-corrected chi connectivity index (χ1v) is 7.77. The molecule has 0 atom stereocenters. The van der Waals surface area contributed by atoms with Gasteiger partial charge in [-0.1, -0.05) is 11.6 Å². The molecule has 1 aromatic carbocycles. The van der Waals surface area contributed by atoms with Crippen LogP contribution in [-0.2, 0) is 17.0 Å². The number of nitrogens with zero attached hydrogens (tertiary/aromatic N) is 3. The van der Waals surface area contributed by atoms with Crippen LogP contribution in [0, 0.1) is 11.3 Å². The standard InChI is InChI=1S/C13H10ClN5O2S/c1-19-7-9(6-17-19)22(20,21)18-11-3-2-10(14)12-8(4-15)5-16-13(11)12/h2-3,5-7,16,18H,1H3/i1D3. The average Bonchev–Trinajstić information content (AvgIpc) is 3.16. The van der Waals surface area contributed by atoms with E-state index in [-0.39, 0.29) is 16.1 Å². The van der Waals surface area contributed by atoms with Crippen LogP contribution in [0.2, 0.25) is 5.02 Å². The number of aromatic amines is 1. The van der Waals surface area contributed by atoms with Gasteiger partial charge in [-0.3, -0.25) is 9.40 Å². The molecule has 0 fully saturated rings. The third-order valence-electron chi connectivity index (χ3n) is 3.02. The van der Waals surface area contributed by atoms with E-state index >= 15 is 0 Å². The number of halogens is 1. The number of fused-ring (bicyclic) bond motifs is 1. The average molecular weight is 339 g/mol. The second-order valence-corrected chi connectivity index (χ2v) is 6.47. The van der Waals surface area contributed by atoms with Gasteiger partial charge in [-0.15, -0.1) is 0 Å². The van der Waals surface area contributed by atoms with Crippen LogP contribution in [-0.4, -0.2) is 23.2 Å².